The van der Waals surface area contributed by atoms with Gasteiger partial charge in [0.25, 0.3) is 0 Å². The number of amides is 1. The third-order valence-corrected chi connectivity index (χ3v) is 2.69. The molecular weight excluding hydrogens is 176 g/mol. The Morgan fingerprint density at radius 1 is 1.71 bits per heavy atom. The van der Waals surface area contributed by atoms with E-state index in [1.165, 1.54) is 0 Å². The lowest BCUT2D eigenvalue weighted by molar-refractivity contribution is -0.125. The van der Waals surface area contributed by atoms with E-state index in [2.05, 4.69) is 16.6 Å². The third kappa shape index (κ3) is 2.49. The topological polar surface area (TPSA) is 41.1 Å². The molecule has 0 aromatic heterocycles. The Labute approximate surface area is 85.6 Å². The number of terminal acetylenes is 1. The molecule has 2 atom stereocenters. The molecule has 14 heavy (non-hydrogen) atoms. The quantitative estimate of drug-likeness (QED) is 0.634. The number of carbonyl (C=O) groups excluding carboxylic acids is 1. The van der Waals surface area contributed by atoms with Crippen LogP contribution in [-0.2, 0) is 4.79 Å². The maximum atomic E-state index is 11.2. The van der Waals surface area contributed by atoms with E-state index in [0.717, 1.165) is 6.42 Å². The zero-order valence-corrected chi connectivity index (χ0v) is 9.05. The third-order valence-electron chi connectivity index (χ3n) is 2.69. The van der Waals surface area contributed by atoms with Gasteiger partial charge in [0.1, 0.15) is 0 Å². The molecule has 1 amide bonds. The van der Waals surface area contributed by atoms with Gasteiger partial charge in [0.2, 0.25) is 5.91 Å². The number of piperidine rings is 1. The van der Waals surface area contributed by atoms with Gasteiger partial charge in [-0.25, -0.2) is 0 Å². The van der Waals surface area contributed by atoms with Crippen LogP contribution in [0.15, 0.2) is 0 Å². The molecule has 0 radical (unpaired) electrons. The van der Waals surface area contributed by atoms with E-state index in [1.807, 2.05) is 20.8 Å². The fourth-order valence-corrected chi connectivity index (χ4v) is 1.79. The van der Waals surface area contributed by atoms with E-state index < -0.39 is 0 Å². The Bertz CT molecular complexity index is 265. The van der Waals surface area contributed by atoms with E-state index in [9.17, 15) is 4.79 Å². The molecule has 0 saturated carbocycles. The van der Waals surface area contributed by atoms with Crippen LogP contribution in [0.3, 0.4) is 0 Å². The summed E-state index contributed by atoms with van der Waals surface area (Å²) in [4.78, 5) is 11.2. The summed E-state index contributed by atoms with van der Waals surface area (Å²) in [6.07, 6.45) is 6.74. The molecule has 2 N–H and O–H groups in total. The van der Waals surface area contributed by atoms with Gasteiger partial charge in [0.15, 0.2) is 0 Å². The minimum Gasteiger partial charge on any atom is -0.350 e. The van der Waals surface area contributed by atoms with Crippen molar-refractivity contribution >= 4 is 5.91 Å². The molecule has 1 rings (SSSR count). The van der Waals surface area contributed by atoms with Gasteiger partial charge in [-0.2, -0.15) is 0 Å². The van der Waals surface area contributed by atoms with Gasteiger partial charge in [-0.15, -0.1) is 6.42 Å². The van der Waals surface area contributed by atoms with Crippen LogP contribution in [0.5, 0.6) is 0 Å². The van der Waals surface area contributed by atoms with Crippen LogP contribution >= 0.6 is 0 Å². The second-order valence-electron chi connectivity index (χ2n) is 4.42. The highest BCUT2D eigenvalue weighted by Gasteiger charge is 2.35. The number of nitrogens with one attached hydrogen (secondary N) is 2. The van der Waals surface area contributed by atoms with Gasteiger partial charge < -0.3 is 5.32 Å². The van der Waals surface area contributed by atoms with Gasteiger partial charge in [0.05, 0.1) is 6.04 Å². The Morgan fingerprint density at radius 2 is 2.36 bits per heavy atom. The van der Waals surface area contributed by atoms with Crippen molar-refractivity contribution in [2.24, 2.45) is 0 Å². The number of rotatable bonds is 2. The lowest BCUT2D eigenvalue weighted by atomic mass is 9.86. The second kappa shape index (κ2) is 4.02. The van der Waals surface area contributed by atoms with Crippen molar-refractivity contribution < 1.29 is 4.79 Å². The average Bonchev–Trinajstić information content (AvgIpc) is 2.08. The molecule has 3 nitrogen and oxygen atoms in total. The van der Waals surface area contributed by atoms with E-state index in [1.54, 1.807) is 0 Å². The molecule has 1 aliphatic heterocycles. The Morgan fingerprint density at radius 3 is 2.86 bits per heavy atom. The van der Waals surface area contributed by atoms with Crippen molar-refractivity contribution in [3.63, 3.8) is 0 Å². The maximum Gasteiger partial charge on any atom is 0.220 e. The zero-order chi connectivity index (χ0) is 10.8. The highest BCUT2D eigenvalue weighted by molar-refractivity contribution is 5.77. The fourth-order valence-electron chi connectivity index (χ4n) is 1.79. The van der Waals surface area contributed by atoms with Gasteiger partial charge in [-0.1, -0.05) is 5.92 Å². The van der Waals surface area contributed by atoms with Crippen molar-refractivity contribution in [2.45, 2.75) is 51.2 Å². The smallest absolute Gasteiger partial charge is 0.220 e. The first-order valence-corrected chi connectivity index (χ1v) is 4.99. The van der Waals surface area contributed by atoms with Crippen LogP contribution in [0.1, 0.15) is 33.6 Å². The second-order valence-corrected chi connectivity index (χ2v) is 4.42. The monoisotopic (exact) mass is 194 g/mol. The molecule has 0 aromatic rings. The summed E-state index contributed by atoms with van der Waals surface area (Å²) >= 11 is 0. The fraction of sp³-hybridized carbons (Fsp3) is 0.727. The van der Waals surface area contributed by atoms with Gasteiger partial charge in [-0.3, -0.25) is 10.1 Å². The number of hydrogen-bond acceptors (Lipinski definition) is 2. The normalized spacial score (nSPS) is 27.6. The highest BCUT2D eigenvalue weighted by Crippen LogP contribution is 2.19. The van der Waals surface area contributed by atoms with Crippen LogP contribution in [-0.4, -0.2) is 23.5 Å². The summed E-state index contributed by atoms with van der Waals surface area (Å²) in [5.74, 6) is 2.76. The molecular formula is C11H18N2O. The van der Waals surface area contributed by atoms with E-state index >= 15 is 0 Å². The highest BCUT2D eigenvalue weighted by atomic mass is 16.1. The van der Waals surface area contributed by atoms with Gasteiger partial charge >= 0.3 is 0 Å². The summed E-state index contributed by atoms with van der Waals surface area (Å²) in [7, 11) is 0. The van der Waals surface area contributed by atoms with E-state index in [-0.39, 0.29) is 23.5 Å². The average molecular weight is 194 g/mol. The lowest BCUT2D eigenvalue weighted by Crippen LogP contribution is -2.62. The van der Waals surface area contributed by atoms with Crippen molar-refractivity contribution in [2.75, 3.05) is 0 Å². The Hall–Kier alpha value is -1.01. The van der Waals surface area contributed by atoms with E-state index in [4.69, 9.17) is 6.42 Å². The number of hydrogen-bond donors (Lipinski definition) is 2. The minimum atomic E-state index is -0.208. The van der Waals surface area contributed by atoms with Crippen molar-refractivity contribution in [1.82, 2.24) is 10.6 Å². The molecule has 1 fully saturated rings. The summed E-state index contributed by atoms with van der Waals surface area (Å²) in [5, 5.41) is 6.29. The summed E-state index contributed by atoms with van der Waals surface area (Å²) in [6.45, 7) is 5.99. The minimum absolute atomic E-state index is 0.0503. The molecule has 3 heteroatoms. The van der Waals surface area contributed by atoms with Crippen LogP contribution in [0.4, 0.5) is 0 Å². The Kier molecular flexibility index (Phi) is 3.17. The molecule has 0 aromatic carbocycles. The molecule has 0 spiro atoms. The first kappa shape index (κ1) is 11.1. The molecule has 1 saturated heterocycles. The maximum absolute atomic E-state index is 11.2. The van der Waals surface area contributed by atoms with Gasteiger partial charge in [0, 0.05) is 18.0 Å². The van der Waals surface area contributed by atoms with E-state index in [0.29, 0.717) is 6.42 Å². The van der Waals surface area contributed by atoms with Gasteiger partial charge in [-0.05, 0) is 27.2 Å². The molecule has 0 aliphatic carbocycles. The molecule has 78 valence electrons. The number of carbonyl (C=O) groups is 1. The molecule has 1 heterocycles. The SMILES string of the molecule is C#CC(C)NC1CCC(=O)NC1(C)C. The van der Waals surface area contributed by atoms with Crippen LogP contribution in [0.2, 0.25) is 0 Å². The summed E-state index contributed by atoms with van der Waals surface area (Å²) < 4.78 is 0. The predicted octanol–water partition coefficient (Wildman–Crippen LogP) is 0.655. The molecule has 2 unspecified atom stereocenters. The molecule has 0 bridgehead atoms. The Balaban J connectivity index is 2.61. The van der Waals surface area contributed by atoms with Crippen LogP contribution < -0.4 is 10.6 Å². The largest absolute Gasteiger partial charge is 0.350 e. The zero-order valence-electron chi connectivity index (χ0n) is 9.05. The van der Waals surface area contributed by atoms with Crippen molar-refractivity contribution in [3.05, 3.63) is 0 Å². The summed E-state index contributed by atoms with van der Waals surface area (Å²) in [6, 6.07) is 0.306. The van der Waals surface area contributed by atoms with Crippen molar-refractivity contribution in [1.29, 1.82) is 0 Å². The summed E-state index contributed by atoms with van der Waals surface area (Å²) in [5.41, 5.74) is -0.208. The first-order chi connectivity index (χ1) is 6.45. The van der Waals surface area contributed by atoms with Crippen LogP contribution in [0, 0.1) is 12.3 Å². The van der Waals surface area contributed by atoms with Crippen LogP contribution in [0.25, 0.3) is 0 Å². The standard InChI is InChI=1S/C11H18N2O/c1-5-8(2)12-9-6-7-10(14)13-11(9,3)4/h1,8-9,12H,6-7H2,2-4H3,(H,13,14). The predicted molar refractivity (Wildman–Crippen MR) is 56.7 cm³/mol. The lowest BCUT2D eigenvalue weighted by Gasteiger charge is -2.40. The van der Waals surface area contributed by atoms with Crippen molar-refractivity contribution in [3.8, 4) is 12.3 Å². The first-order valence-electron chi connectivity index (χ1n) is 4.99. The molecule has 1 aliphatic rings.